The van der Waals surface area contributed by atoms with Crippen LogP contribution in [-0.4, -0.2) is 42.4 Å². The predicted octanol–water partition coefficient (Wildman–Crippen LogP) is 2.01. The highest BCUT2D eigenvalue weighted by molar-refractivity contribution is 7.17. The Bertz CT molecular complexity index is 390. The van der Waals surface area contributed by atoms with E-state index in [9.17, 15) is 4.79 Å². The molecule has 1 aromatic rings. The summed E-state index contributed by atoms with van der Waals surface area (Å²) in [6.07, 6.45) is 0.205. The van der Waals surface area contributed by atoms with Crippen molar-refractivity contribution in [2.24, 2.45) is 0 Å². The molecule has 6 heteroatoms. The fourth-order valence-corrected chi connectivity index (χ4v) is 2.16. The predicted molar refractivity (Wildman–Crippen MR) is 68.2 cm³/mol. The summed E-state index contributed by atoms with van der Waals surface area (Å²) < 4.78 is 5.44. The molecule has 0 saturated heterocycles. The van der Waals surface area contributed by atoms with Crippen LogP contribution >= 0.6 is 11.3 Å². The van der Waals surface area contributed by atoms with Crippen LogP contribution in [0.2, 0.25) is 0 Å². The van der Waals surface area contributed by atoms with E-state index < -0.39 is 5.97 Å². The van der Waals surface area contributed by atoms with E-state index in [0.29, 0.717) is 28.9 Å². The summed E-state index contributed by atoms with van der Waals surface area (Å²) in [7, 11) is 1.88. The molecular weight excluding hydrogens is 240 g/mol. The van der Waals surface area contributed by atoms with Crippen molar-refractivity contribution in [3.05, 3.63) is 10.6 Å². The summed E-state index contributed by atoms with van der Waals surface area (Å²) in [6.45, 7) is 6.98. The van der Waals surface area contributed by atoms with Crippen molar-refractivity contribution in [1.29, 1.82) is 0 Å². The van der Waals surface area contributed by atoms with Crippen LogP contribution < -0.4 is 4.90 Å². The third-order valence-corrected chi connectivity index (χ3v) is 3.44. The van der Waals surface area contributed by atoms with Crippen molar-refractivity contribution in [1.82, 2.24) is 4.98 Å². The van der Waals surface area contributed by atoms with Crippen LogP contribution in [0.5, 0.6) is 0 Å². The van der Waals surface area contributed by atoms with E-state index in [-0.39, 0.29) is 6.10 Å². The topological polar surface area (TPSA) is 62.7 Å². The number of anilines is 1. The average molecular weight is 258 g/mol. The van der Waals surface area contributed by atoms with Gasteiger partial charge in [0.2, 0.25) is 0 Å². The maximum atomic E-state index is 10.9. The van der Waals surface area contributed by atoms with Crippen LogP contribution in [0, 0.1) is 6.92 Å². The molecule has 1 rings (SSSR count). The van der Waals surface area contributed by atoms with Crippen molar-refractivity contribution in [2.75, 3.05) is 25.1 Å². The average Bonchev–Trinajstić information content (AvgIpc) is 2.59. The zero-order valence-electron chi connectivity index (χ0n) is 10.6. The van der Waals surface area contributed by atoms with Crippen LogP contribution in [-0.2, 0) is 4.74 Å². The molecule has 5 nitrogen and oxygen atoms in total. The number of aromatic carboxylic acids is 1. The van der Waals surface area contributed by atoms with Gasteiger partial charge in [-0.25, -0.2) is 9.78 Å². The highest BCUT2D eigenvalue weighted by Gasteiger charge is 2.16. The van der Waals surface area contributed by atoms with E-state index in [4.69, 9.17) is 9.84 Å². The van der Waals surface area contributed by atoms with E-state index in [2.05, 4.69) is 4.98 Å². The van der Waals surface area contributed by atoms with Gasteiger partial charge in [0.15, 0.2) is 5.13 Å². The van der Waals surface area contributed by atoms with E-state index >= 15 is 0 Å². The van der Waals surface area contributed by atoms with Crippen LogP contribution in [0.15, 0.2) is 0 Å². The zero-order valence-corrected chi connectivity index (χ0v) is 11.4. The second-order valence-corrected chi connectivity index (χ2v) is 5.03. The monoisotopic (exact) mass is 258 g/mol. The highest BCUT2D eigenvalue weighted by atomic mass is 32.1. The minimum atomic E-state index is -0.918. The molecule has 1 N–H and O–H groups in total. The van der Waals surface area contributed by atoms with Crippen LogP contribution in [0.4, 0.5) is 5.13 Å². The lowest BCUT2D eigenvalue weighted by molar-refractivity contribution is 0.0701. The summed E-state index contributed by atoms with van der Waals surface area (Å²) in [4.78, 5) is 17.3. The molecule has 0 bridgehead atoms. The zero-order chi connectivity index (χ0) is 13.0. The van der Waals surface area contributed by atoms with Crippen molar-refractivity contribution in [3.8, 4) is 0 Å². The highest BCUT2D eigenvalue weighted by Crippen LogP contribution is 2.24. The van der Waals surface area contributed by atoms with Gasteiger partial charge in [-0.2, -0.15) is 0 Å². The number of carbonyl (C=O) groups is 1. The van der Waals surface area contributed by atoms with Gasteiger partial charge >= 0.3 is 5.97 Å². The number of thiazole rings is 1. The maximum Gasteiger partial charge on any atom is 0.347 e. The molecule has 0 aliphatic rings. The second-order valence-electron chi connectivity index (χ2n) is 4.06. The quantitative estimate of drug-likeness (QED) is 0.845. The lowest BCUT2D eigenvalue weighted by atomic mass is 10.4. The Morgan fingerprint density at radius 1 is 1.59 bits per heavy atom. The molecule has 0 amide bonds. The molecule has 0 aliphatic heterocycles. The first-order chi connectivity index (χ1) is 7.91. The fourth-order valence-electron chi connectivity index (χ4n) is 1.26. The summed E-state index contributed by atoms with van der Waals surface area (Å²) in [5.74, 6) is -0.918. The number of carboxylic acids is 1. The first-order valence-corrected chi connectivity index (χ1v) is 6.27. The SMILES string of the molecule is Cc1nc(N(C)CCOC(C)C)sc1C(=O)O. The molecule has 0 atom stereocenters. The van der Waals surface area contributed by atoms with Gasteiger partial charge in [0, 0.05) is 13.6 Å². The number of nitrogens with zero attached hydrogens (tertiary/aromatic N) is 2. The van der Waals surface area contributed by atoms with Crippen molar-refractivity contribution >= 4 is 22.4 Å². The van der Waals surface area contributed by atoms with Gasteiger partial charge in [-0.15, -0.1) is 0 Å². The normalized spacial score (nSPS) is 10.9. The van der Waals surface area contributed by atoms with Gasteiger partial charge in [0.25, 0.3) is 0 Å². The van der Waals surface area contributed by atoms with Crippen LogP contribution in [0.1, 0.15) is 29.2 Å². The van der Waals surface area contributed by atoms with E-state index in [1.54, 1.807) is 6.92 Å². The van der Waals surface area contributed by atoms with Gasteiger partial charge in [-0.05, 0) is 20.8 Å². The number of aryl methyl sites for hydroxylation is 1. The molecule has 0 saturated carbocycles. The Labute approximate surface area is 105 Å². The molecule has 1 aromatic heterocycles. The van der Waals surface area contributed by atoms with E-state index in [1.165, 1.54) is 11.3 Å². The minimum Gasteiger partial charge on any atom is -0.477 e. The lowest BCUT2D eigenvalue weighted by Gasteiger charge is -2.16. The first kappa shape index (κ1) is 13.9. The number of rotatable bonds is 6. The summed E-state index contributed by atoms with van der Waals surface area (Å²) >= 11 is 1.19. The van der Waals surface area contributed by atoms with Crippen molar-refractivity contribution in [3.63, 3.8) is 0 Å². The number of likely N-dealkylation sites (N-methyl/N-ethyl adjacent to an activating group) is 1. The van der Waals surface area contributed by atoms with Crippen molar-refractivity contribution < 1.29 is 14.6 Å². The Morgan fingerprint density at radius 3 is 2.71 bits per heavy atom. The molecule has 17 heavy (non-hydrogen) atoms. The largest absolute Gasteiger partial charge is 0.477 e. The molecule has 1 heterocycles. The second kappa shape index (κ2) is 5.97. The molecule has 0 spiro atoms. The molecule has 0 unspecified atom stereocenters. The van der Waals surface area contributed by atoms with Gasteiger partial charge in [-0.3, -0.25) is 0 Å². The number of hydrogen-bond donors (Lipinski definition) is 1. The number of hydrogen-bond acceptors (Lipinski definition) is 5. The number of aromatic nitrogens is 1. The molecule has 0 aromatic carbocycles. The van der Waals surface area contributed by atoms with Crippen molar-refractivity contribution in [2.45, 2.75) is 26.9 Å². The van der Waals surface area contributed by atoms with Crippen LogP contribution in [0.25, 0.3) is 0 Å². The first-order valence-electron chi connectivity index (χ1n) is 5.45. The molecule has 0 fully saturated rings. The maximum absolute atomic E-state index is 10.9. The lowest BCUT2D eigenvalue weighted by Crippen LogP contribution is -2.23. The smallest absolute Gasteiger partial charge is 0.347 e. The fraction of sp³-hybridized carbons (Fsp3) is 0.636. The Hall–Kier alpha value is -1.14. The summed E-state index contributed by atoms with van der Waals surface area (Å²) in [5, 5.41) is 9.65. The summed E-state index contributed by atoms with van der Waals surface area (Å²) in [5.41, 5.74) is 0.564. The van der Waals surface area contributed by atoms with E-state index in [1.807, 2.05) is 25.8 Å². The number of carboxylic acid groups (broad SMARTS) is 1. The standard InChI is InChI=1S/C11H18N2O3S/c1-7(2)16-6-5-13(4)11-12-8(3)9(17-11)10(14)15/h7H,5-6H2,1-4H3,(H,14,15). The Balaban J connectivity index is 2.60. The third kappa shape index (κ3) is 3.98. The van der Waals surface area contributed by atoms with Crippen LogP contribution in [0.3, 0.4) is 0 Å². The van der Waals surface area contributed by atoms with Gasteiger partial charge in [0.1, 0.15) is 4.88 Å². The van der Waals surface area contributed by atoms with Gasteiger partial charge in [0.05, 0.1) is 18.4 Å². The molecule has 0 aliphatic carbocycles. The number of ether oxygens (including phenoxy) is 1. The minimum absolute atomic E-state index is 0.205. The Morgan fingerprint density at radius 2 is 2.24 bits per heavy atom. The van der Waals surface area contributed by atoms with Gasteiger partial charge in [-0.1, -0.05) is 11.3 Å². The van der Waals surface area contributed by atoms with E-state index in [0.717, 1.165) is 0 Å². The molecule has 96 valence electrons. The summed E-state index contributed by atoms with van der Waals surface area (Å²) in [6, 6.07) is 0. The van der Waals surface area contributed by atoms with Gasteiger partial charge < -0.3 is 14.7 Å². The molecular formula is C11H18N2O3S. The third-order valence-electron chi connectivity index (χ3n) is 2.18. The Kier molecular flexibility index (Phi) is 4.89. The molecule has 0 radical (unpaired) electrons.